The normalized spacial score (nSPS) is 21.2. The molecule has 1 aliphatic rings. The van der Waals surface area contributed by atoms with Gasteiger partial charge in [0.25, 0.3) is 0 Å². The number of nitrogens with one attached hydrogen (secondary N) is 1. The Morgan fingerprint density at radius 1 is 0.976 bits per heavy atom. The molecule has 0 bridgehead atoms. The molecule has 5 N–H and O–H groups in total. The number of rotatable bonds is 12. The molecule has 5 atom stereocenters. The summed E-state index contributed by atoms with van der Waals surface area (Å²) < 4.78 is 13.0. The maximum atomic E-state index is 12.2. The highest BCUT2D eigenvalue weighted by Crippen LogP contribution is 2.42. The van der Waals surface area contributed by atoms with E-state index in [2.05, 4.69) is 5.32 Å². The molecule has 0 aromatic heterocycles. The van der Waals surface area contributed by atoms with Gasteiger partial charge in [-0.2, -0.15) is 0 Å². The molecule has 1 amide bonds. The number of carboxylic acids is 1. The van der Waals surface area contributed by atoms with Crippen LogP contribution in [0.2, 0.25) is 0 Å². The van der Waals surface area contributed by atoms with Crippen LogP contribution in [0.5, 0.6) is 5.75 Å². The van der Waals surface area contributed by atoms with Gasteiger partial charge in [0.05, 0.1) is 31.3 Å². The van der Waals surface area contributed by atoms with E-state index in [9.17, 15) is 24.9 Å². The Labute approximate surface area is 245 Å². The average molecular weight is 579 g/mol. The van der Waals surface area contributed by atoms with Crippen LogP contribution in [0.3, 0.4) is 0 Å². The number of phenols is 1. The Bertz CT molecular complexity index is 1350. The van der Waals surface area contributed by atoms with Gasteiger partial charge < -0.3 is 40.1 Å². The number of carbonyl (C=O) groups excluding carboxylic acids is 1. The minimum atomic E-state index is -1.04. The summed E-state index contributed by atoms with van der Waals surface area (Å²) in [5.74, 6) is -1.44. The zero-order valence-corrected chi connectivity index (χ0v) is 23.7. The molecule has 4 rings (SSSR count). The van der Waals surface area contributed by atoms with Crippen LogP contribution < -0.4 is 5.32 Å². The SMILES string of the molecule is C[C@@H]1[C@H](CN(C)C[C@@H](O)c2cccc(O)c2)O[C@H](c2cccc(NC(=O)CCC(=O)O)c2)O[C@@H]1c1ccc(CO)cc1. The summed E-state index contributed by atoms with van der Waals surface area (Å²) in [5.41, 5.74) is 3.52. The standard InChI is InChI=1S/C32H38N2O8/c1-20-28(18-34(2)17-27(37)23-5-4-8-26(36)16-23)41-32(42-31(20)22-11-9-21(19-35)10-12-22)24-6-3-7-25(15-24)33-29(38)13-14-30(39)40/h3-12,15-16,20,27-28,31-32,35-37H,13-14,17-19H2,1-2H3,(H,33,38)(H,39,40)/t20-,27-,28+,31+,32+/m1/s1. The lowest BCUT2D eigenvalue weighted by Crippen LogP contribution is -2.44. The monoisotopic (exact) mass is 578 g/mol. The average Bonchev–Trinajstić information content (AvgIpc) is 2.97. The number of hydrogen-bond donors (Lipinski definition) is 5. The summed E-state index contributed by atoms with van der Waals surface area (Å²) in [4.78, 5) is 25.0. The minimum Gasteiger partial charge on any atom is -0.508 e. The van der Waals surface area contributed by atoms with Crippen molar-refractivity contribution in [2.24, 2.45) is 5.92 Å². The Balaban J connectivity index is 1.53. The molecule has 1 fully saturated rings. The Kier molecular flexibility index (Phi) is 10.7. The molecular weight excluding hydrogens is 540 g/mol. The molecule has 224 valence electrons. The number of amides is 1. The van der Waals surface area contributed by atoms with Gasteiger partial charge in [-0.25, -0.2) is 0 Å². The maximum absolute atomic E-state index is 12.2. The first-order valence-electron chi connectivity index (χ1n) is 13.9. The number of aromatic hydroxyl groups is 1. The number of carboxylic acid groups (broad SMARTS) is 1. The lowest BCUT2D eigenvalue weighted by atomic mass is 9.90. The molecule has 3 aromatic carbocycles. The smallest absolute Gasteiger partial charge is 0.303 e. The van der Waals surface area contributed by atoms with E-state index >= 15 is 0 Å². The number of phenolic OH excluding ortho intramolecular Hbond substituents is 1. The van der Waals surface area contributed by atoms with Crippen LogP contribution in [-0.4, -0.2) is 63.4 Å². The third kappa shape index (κ3) is 8.37. The Morgan fingerprint density at radius 3 is 2.40 bits per heavy atom. The molecule has 10 nitrogen and oxygen atoms in total. The van der Waals surface area contributed by atoms with Crippen LogP contribution in [0.15, 0.2) is 72.8 Å². The summed E-state index contributed by atoms with van der Waals surface area (Å²) in [5, 5.41) is 41.7. The van der Waals surface area contributed by atoms with E-state index in [-0.39, 0.29) is 43.3 Å². The fraction of sp³-hybridized carbons (Fsp3) is 0.375. The highest BCUT2D eigenvalue weighted by Gasteiger charge is 2.39. The number of hydrogen-bond acceptors (Lipinski definition) is 8. The quantitative estimate of drug-likeness (QED) is 0.214. The highest BCUT2D eigenvalue weighted by molar-refractivity contribution is 5.92. The van der Waals surface area contributed by atoms with E-state index in [4.69, 9.17) is 14.6 Å². The van der Waals surface area contributed by atoms with E-state index in [1.54, 1.807) is 42.5 Å². The molecule has 1 aliphatic heterocycles. The van der Waals surface area contributed by atoms with Crippen LogP contribution in [0.1, 0.15) is 60.5 Å². The number of likely N-dealkylation sites (N-methyl/N-ethyl adjacent to an activating group) is 1. The molecule has 0 radical (unpaired) electrons. The van der Waals surface area contributed by atoms with Gasteiger partial charge in [0.1, 0.15) is 5.75 Å². The summed E-state index contributed by atoms with van der Waals surface area (Å²) in [6.07, 6.45) is -2.63. The second-order valence-electron chi connectivity index (χ2n) is 10.7. The number of nitrogens with zero attached hydrogens (tertiary/aromatic N) is 1. The Morgan fingerprint density at radius 2 is 1.71 bits per heavy atom. The van der Waals surface area contributed by atoms with Crippen LogP contribution in [0, 0.1) is 5.92 Å². The molecule has 10 heteroatoms. The van der Waals surface area contributed by atoms with Gasteiger partial charge in [0, 0.05) is 36.7 Å². The van der Waals surface area contributed by atoms with Crippen molar-refractivity contribution < 1.29 is 39.5 Å². The molecule has 1 heterocycles. The molecule has 0 aliphatic carbocycles. The van der Waals surface area contributed by atoms with E-state index in [0.717, 1.165) is 11.1 Å². The topological polar surface area (TPSA) is 149 Å². The predicted octanol–water partition coefficient (Wildman–Crippen LogP) is 4.14. The largest absolute Gasteiger partial charge is 0.508 e. The summed E-state index contributed by atoms with van der Waals surface area (Å²) in [6, 6.07) is 21.2. The molecular formula is C32H38N2O8. The zero-order valence-electron chi connectivity index (χ0n) is 23.7. The van der Waals surface area contributed by atoms with Crippen LogP contribution in [0.4, 0.5) is 5.69 Å². The number of aliphatic carboxylic acids is 1. The lowest BCUT2D eigenvalue weighted by molar-refractivity contribution is -0.276. The third-order valence-corrected chi connectivity index (χ3v) is 7.36. The number of carbonyl (C=O) groups is 2. The first-order valence-corrected chi connectivity index (χ1v) is 13.9. The molecule has 42 heavy (non-hydrogen) atoms. The minimum absolute atomic E-state index is 0.0625. The second-order valence-corrected chi connectivity index (χ2v) is 10.7. The summed E-state index contributed by atoms with van der Waals surface area (Å²) in [7, 11) is 1.89. The van der Waals surface area contributed by atoms with Crippen molar-refractivity contribution in [1.82, 2.24) is 4.90 Å². The summed E-state index contributed by atoms with van der Waals surface area (Å²) in [6.45, 7) is 2.78. The van der Waals surface area contributed by atoms with Crippen LogP contribution in [0.25, 0.3) is 0 Å². The van der Waals surface area contributed by atoms with Crippen molar-refractivity contribution in [3.05, 3.63) is 95.1 Å². The first kappa shape index (κ1) is 31.1. The predicted molar refractivity (Wildman–Crippen MR) is 155 cm³/mol. The second kappa shape index (κ2) is 14.4. The summed E-state index contributed by atoms with van der Waals surface area (Å²) >= 11 is 0. The van der Waals surface area contributed by atoms with Gasteiger partial charge >= 0.3 is 5.97 Å². The van der Waals surface area contributed by atoms with E-state index < -0.39 is 24.3 Å². The molecule has 0 spiro atoms. The number of benzene rings is 3. The van der Waals surface area contributed by atoms with Gasteiger partial charge in [-0.05, 0) is 48.0 Å². The van der Waals surface area contributed by atoms with Gasteiger partial charge in [-0.3, -0.25) is 9.59 Å². The van der Waals surface area contributed by atoms with Gasteiger partial charge in [-0.1, -0.05) is 55.5 Å². The fourth-order valence-corrected chi connectivity index (χ4v) is 5.05. The lowest BCUT2D eigenvalue weighted by Gasteiger charge is -2.42. The number of anilines is 1. The number of aliphatic hydroxyl groups excluding tert-OH is 2. The fourth-order valence-electron chi connectivity index (χ4n) is 5.05. The van der Waals surface area contributed by atoms with Crippen molar-refractivity contribution in [3.8, 4) is 5.75 Å². The molecule has 3 aromatic rings. The van der Waals surface area contributed by atoms with Crippen molar-refractivity contribution in [1.29, 1.82) is 0 Å². The first-order chi connectivity index (χ1) is 20.1. The molecule has 0 unspecified atom stereocenters. The van der Waals surface area contributed by atoms with Gasteiger partial charge in [-0.15, -0.1) is 0 Å². The van der Waals surface area contributed by atoms with E-state index in [1.165, 1.54) is 0 Å². The van der Waals surface area contributed by atoms with Gasteiger partial charge in [0.2, 0.25) is 5.91 Å². The van der Waals surface area contributed by atoms with Crippen molar-refractivity contribution >= 4 is 17.6 Å². The number of ether oxygens (including phenoxy) is 2. The van der Waals surface area contributed by atoms with Crippen molar-refractivity contribution in [2.75, 3.05) is 25.5 Å². The van der Waals surface area contributed by atoms with Crippen molar-refractivity contribution in [2.45, 2.75) is 51.0 Å². The zero-order chi connectivity index (χ0) is 30.2. The molecule has 0 saturated carbocycles. The highest BCUT2D eigenvalue weighted by atomic mass is 16.7. The Hall–Kier alpha value is -3.80. The molecule has 1 saturated heterocycles. The van der Waals surface area contributed by atoms with Crippen LogP contribution >= 0.6 is 0 Å². The third-order valence-electron chi connectivity index (χ3n) is 7.36. The maximum Gasteiger partial charge on any atom is 0.303 e. The van der Waals surface area contributed by atoms with Gasteiger partial charge in [0.15, 0.2) is 6.29 Å². The van der Waals surface area contributed by atoms with Crippen LogP contribution in [-0.2, 0) is 25.7 Å². The van der Waals surface area contributed by atoms with E-state index in [0.29, 0.717) is 29.9 Å². The van der Waals surface area contributed by atoms with E-state index in [1.807, 2.05) is 49.2 Å². The van der Waals surface area contributed by atoms with Crippen molar-refractivity contribution in [3.63, 3.8) is 0 Å². The number of aliphatic hydroxyl groups is 2.